The fourth-order valence-corrected chi connectivity index (χ4v) is 3.32. The summed E-state index contributed by atoms with van der Waals surface area (Å²) < 4.78 is 16.0. The highest BCUT2D eigenvalue weighted by atomic mass is 35.5. The summed E-state index contributed by atoms with van der Waals surface area (Å²) in [6.45, 7) is 0.286. The quantitative estimate of drug-likeness (QED) is 0.505. The van der Waals surface area contributed by atoms with Crippen molar-refractivity contribution in [1.29, 1.82) is 0 Å². The highest BCUT2D eigenvalue weighted by Gasteiger charge is 2.25. The van der Waals surface area contributed by atoms with Crippen molar-refractivity contribution in [3.05, 3.63) is 70.3 Å². The summed E-state index contributed by atoms with van der Waals surface area (Å²) >= 11 is 6.11. The first kappa shape index (κ1) is 23.0. The molecule has 2 amide bonds. The number of amides is 2. The first-order valence-corrected chi connectivity index (χ1v) is 10.2. The van der Waals surface area contributed by atoms with E-state index in [2.05, 4.69) is 11.8 Å². The van der Waals surface area contributed by atoms with Crippen molar-refractivity contribution < 1.29 is 23.8 Å². The average Bonchev–Trinajstić information content (AvgIpc) is 2.81. The number of benzene rings is 2. The average molecular weight is 452 g/mol. The van der Waals surface area contributed by atoms with Gasteiger partial charge in [-0.3, -0.25) is 14.5 Å². The van der Waals surface area contributed by atoms with Crippen LogP contribution in [0.2, 0.25) is 5.02 Å². The molecular weight excluding hydrogens is 430 g/mol. The summed E-state index contributed by atoms with van der Waals surface area (Å²) in [5, 5.41) is 0.505. The van der Waals surface area contributed by atoms with Gasteiger partial charge in [-0.15, -0.1) is 0 Å². The molecule has 1 aliphatic heterocycles. The maximum atomic E-state index is 12.8. The Balaban J connectivity index is 1.78. The van der Waals surface area contributed by atoms with Crippen LogP contribution in [-0.4, -0.2) is 44.6 Å². The standard InChI is InChI=1S/C25H22ClNO5/c1-30-21-15-17(16-22(31-2)24(21)32-3)10-13-23(28)27-14-6-8-19(25(27)29)12-11-18-7-4-5-9-20(18)26/h4-5,7-10,13,15-16H,6,14H2,1-3H3. The topological polar surface area (TPSA) is 65.1 Å². The number of methoxy groups -OCH3 is 3. The monoisotopic (exact) mass is 451 g/mol. The third kappa shape index (κ3) is 5.13. The van der Waals surface area contributed by atoms with Crippen LogP contribution in [0.3, 0.4) is 0 Å². The van der Waals surface area contributed by atoms with Crippen molar-refractivity contribution in [2.24, 2.45) is 0 Å². The second-order valence-corrected chi connectivity index (χ2v) is 7.13. The number of carbonyl (C=O) groups excluding carboxylic acids is 2. The van der Waals surface area contributed by atoms with E-state index in [1.807, 2.05) is 6.07 Å². The maximum absolute atomic E-state index is 12.8. The van der Waals surface area contributed by atoms with E-state index in [4.69, 9.17) is 25.8 Å². The van der Waals surface area contributed by atoms with Crippen molar-refractivity contribution in [2.75, 3.05) is 27.9 Å². The molecule has 7 heteroatoms. The molecule has 0 bridgehead atoms. The number of hydrogen-bond donors (Lipinski definition) is 0. The summed E-state index contributed by atoms with van der Waals surface area (Å²) in [7, 11) is 4.54. The fraction of sp³-hybridized carbons (Fsp3) is 0.200. The van der Waals surface area contributed by atoms with Gasteiger partial charge in [-0.05, 0) is 42.3 Å². The molecule has 164 valence electrons. The summed E-state index contributed by atoms with van der Waals surface area (Å²) in [4.78, 5) is 26.7. The minimum absolute atomic E-state index is 0.269. The molecular formula is C25H22ClNO5. The second kappa shape index (κ2) is 10.6. The van der Waals surface area contributed by atoms with Crippen LogP contribution in [0.5, 0.6) is 17.2 Å². The summed E-state index contributed by atoms with van der Waals surface area (Å²) in [5.41, 5.74) is 1.55. The molecule has 1 aliphatic rings. The first-order chi connectivity index (χ1) is 15.5. The van der Waals surface area contributed by atoms with E-state index in [-0.39, 0.29) is 12.1 Å². The van der Waals surface area contributed by atoms with E-state index >= 15 is 0 Å². The highest BCUT2D eigenvalue weighted by Crippen LogP contribution is 2.38. The van der Waals surface area contributed by atoms with Crippen molar-refractivity contribution in [2.45, 2.75) is 6.42 Å². The van der Waals surface area contributed by atoms with Crippen LogP contribution >= 0.6 is 11.6 Å². The lowest BCUT2D eigenvalue weighted by Gasteiger charge is -2.22. The summed E-state index contributed by atoms with van der Waals surface area (Å²) in [6, 6.07) is 10.5. The molecule has 0 radical (unpaired) electrons. The molecule has 2 aromatic carbocycles. The Morgan fingerprint density at radius 1 is 1.06 bits per heavy atom. The van der Waals surface area contributed by atoms with Crippen LogP contribution < -0.4 is 14.2 Å². The molecule has 1 heterocycles. The Kier molecular flexibility index (Phi) is 7.58. The van der Waals surface area contributed by atoms with Crippen LogP contribution in [0.1, 0.15) is 17.5 Å². The zero-order valence-corrected chi connectivity index (χ0v) is 18.7. The molecule has 0 unspecified atom stereocenters. The number of nitrogens with zero attached hydrogens (tertiary/aromatic N) is 1. The van der Waals surface area contributed by atoms with Gasteiger partial charge >= 0.3 is 0 Å². The number of halogens is 1. The van der Waals surface area contributed by atoms with Crippen molar-refractivity contribution in [1.82, 2.24) is 4.90 Å². The Labute approximate surface area is 192 Å². The molecule has 2 aromatic rings. The fourth-order valence-electron chi connectivity index (χ4n) is 3.14. The number of imide groups is 1. The third-order valence-electron chi connectivity index (χ3n) is 4.75. The number of ether oxygens (including phenoxy) is 3. The van der Waals surface area contributed by atoms with Gasteiger partial charge < -0.3 is 14.2 Å². The zero-order chi connectivity index (χ0) is 23.1. The van der Waals surface area contributed by atoms with Crippen LogP contribution in [0, 0.1) is 11.8 Å². The van der Waals surface area contributed by atoms with Gasteiger partial charge in [0.15, 0.2) is 11.5 Å². The molecule has 0 spiro atoms. The lowest BCUT2D eigenvalue weighted by molar-refractivity contribution is -0.139. The molecule has 3 rings (SSSR count). The number of hydrogen-bond acceptors (Lipinski definition) is 5. The Hall–Kier alpha value is -3.69. The summed E-state index contributed by atoms with van der Waals surface area (Å²) in [6.07, 6.45) is 5.19. The van der Waals surface area contributed by atoms with Gasteiger partial charge in [0.05, 0.1) is 31.9 Å². The lowest BCUT2D eigenvalue weighted by Crippen LogP contribution is -2.39. The van der Waals surface area contributed by atoms with E-state index in [1.54, 1.807) is 42.5 Å². The zero-order valence-electron chi connectivity index (χ0n) is 18.0. The van der Waals surface area contributed by atoms with Crippen molar-refractivity contribution >= 4 is 29.5 Å². The lowest BCUT2D eigenvalue weighted by atomic mass is 10.1. The molecule has 0 saturated heterocycles. The second-order valence-electron chi connectivity index (χ2n) is 6.72. The van der Waals surface area contributed by atoms with Gasteiger partial charge in [0.2, 0.25) is 5.75 Å². The molecule has 0 fully saturated rings. The van der Waals surface area contributed by atoms with Crippen LogP contribution in [-0.2, 0) is 9.59 Å². The van der Waals surface area contributed by atoms with E-state index in [1.165, 1.54) is 32.3 Å². The summed E-state index contributed by atoms with van der Waals surface area (Å²) in [5.74, 6) is 6.26. The molecule has 0 atom stereocenters. The van der Waals surface area contributed by atoms with Gasteiger partial charge in [0.25, 0.3) is 11.8 Å². The van der Waals surface area contributed by atoms with Crippen LogP contribution in [0.4, 0.5) is 0 Å². The van der Waals surface area contributed by atoms with Crippen molar-refractivity contribution in [3.8, 4) is 29.1 Å². The molecule has 6 nitrogen and oxygen atoms in total. The van der Waals surface area contributed by atoms with Gasteiger partial charge in [0, 0.05) is 18.2 Å². The molecule has 0 aromatic heterocycles. The van der Waals surface area contributed by atoms with E-state index in [0.29, 0.717) is 39.8 Å². The van der Waals surface area contributed by atoms with E-state index < -0.39 is 11.8 Å². The largest absolute Gasteiger partial charge is 0.493 e. The van der Waals surface area contributed by atoms with Gasteiger partial charge in [0.1, 0.15) is 0 Å². The predicted octanol–water partition coefficient (Wildman–Crippen LogP) is 4.12. The van der Waals surface area contributed by atoms with E-state index in [0.717, 1.165) is 0 Å². The van der Waals surface area contributed by atoms with Gasteiger partial charge in [-0.2, -0.15) is 0 Å². The van der Waals surface area contributed by atoms with E-state index in [9.17, 15) is 9.59 Å². The third-order valence-corrected chi connectivity index (χ3v) is 5.08. The minimum atomic E-state index is -0.436. The number of rotatable bonds is 5. The molecule has 0 saturated carbocycles. The smallest absolute Gasteiger partial charge is 0.268 e. The first-order valence-electron chi connectivity index (χ1n) is 9.79. The molecule has 32 heavy (non-hydrogen) atoms. The normalized spacial score (nSPS) is 13.3. The highest BCUT2D eigenvalue weighted by molar-refractivity contribution is 6.31. The van der Waals surface area contributed by atoms with Gasteiger partial charge in [-0.25, -0.2) is 0 Å². The Morgan fingerprint density at radius 3 is 2.38 bits per heavy atom. The SMILES string of the molecule is COc1cc(C=CC(=O)N2CCC=C(C#Cc3ccccc3Cl)C2=O)cc(OC)c1OC. The number of carbonyl (C=O) groups is 2. The van der Waals surface area contributed by atoms with Crippen LogP contribution in [0.25, 0.3) is 6.08 Å². The van der Waals surface area contributed by atoms with Crippen LogP contribution in [0.15, 0.2) is 54.1 Å². The molecule has 0 aliphatic carbocycles. The maximum Gasteiger partial charge on any atom is 0.268 e. The Bertz CT molecular complexity index is 1130. The minimum Gasteiger partial charge on any atom is -0.493 e. The Morgan fingerprint density at radius 2 is 1.75 bits per heavy atom. The van der Waals surface area contributed by atoms with Crippen molar-refractivity contribution in [3.63, 3.8) is 0 Å². The predicted molar refractivity (Wildman–Crippen MR) is 123 cm³/mol. The van der Waals surface area contributed by atoms with Gasteiger partial charge in [-0.1, -0.05) is 41.7 Å². The molecule has 0 N–H and O–H groups in total.